The van der Waals surface area contributed by atoms with E-state index in [-0.39, 0.29) is 16.9 Å². The number of benzene rings is 1. The van der Waals surface area contributed by atoms with E-state index in [4.69, 9.17) is 5.73 Å². The molecule has 0 radical (unpaired) electrons. The molecule has 0 bridgehead atoms. The Kier molecular flexibility index (Phi) is 3.25. The summed E-state index contributed by atoms with van der Waals surface area (Å²) >= 11 is 3.06. The van der Waals surface area contributed by atoms with Crippen LogP contribution in [0, 0.1) is 10.1 Å². The van der Waals surface area contributed by atoms with E-state index in [0.29, 0.717) is 4.47 Å². The summed E-state index contributed by atoms with van der Waals surface area (Å²) in [6.45, 7) is 0. The van der Waals surface area contributed by atoms with Crippen molar-refractivity contribution in [2.75, 3.05) is 12.8 Å². The highest BCUT2D eigenvalue weighted by atomic mass is 79.9. The number of hydrogen-bond donors (Lipinski definition) is 1. The van der Waals surface area contributed by atoms with E-state index in [1.54, 1.807) is 0 Å². The lowest BCUT2D eigenvalue weighted by Gasteiger charge is -2.04. The van der Waals surface area contributed by atoms with Crippen molar-refractivity contribution in [2.24, 2.45) is 0 Å². The van der Waals surface area contributed by atoms with Crippen LogP contribution in [0.25, 0.3) is 0 Å². The first-order valence-corrected chi connectivity index (χ1v) is 4.58. The minimum Gasteiger partial charge on any atom is -0.465 e. The van der Waals surface area contributed by atoms with Crippen LogP contribution >= 0.6 is 15.9 Å². The molecule has 2 N–H and O–H groups in total. The lowest BCUT2D eigenvalue weighted by atomic mass is 10.2. The van der Waals surface area contributed by atoms with Gasteiger partial charge in [0.25, 0.3) is 5.69 Å². The number of nitrogen functional groups attached to an aromatic ring is 1. The number of methoxy groups -OCH3 is 1. The number of non-ortho nitro benzene ring substituents is 1. The van der Waals surface area contributed by atoms with Crippen molar-refractivity contribution in [3.63, 3.8) is 0 Å². The normalized spacial score (nSPS) is 9.73. The number of ether oxygens (including phenoxy) is 1. The molecule has 0 aliphatic heterocycles. The summed E-state index contributed by atoms with van der Waals surface area (Å²) in [4.78, 5) is 21.1. The number of anilines is 1. The van der Waals surface area contributed by atoms with Crippen molar-refractivity contribution < 1.29 is 14.5 Å². The average molecular weight is 275 g/mol. The number of carbonyl (C=O) groups is 1. The smallest absolute Gasteiger partial charge is 0.339 e. The molecule has 0 heterocycles. The number of nitro benzene ring substituents is 1. The lowest BCUT2D eigenvalue weighted by Crippen LogP contribution is -2.05. The monoisotopic (exact) mass is 274 g/mol. The van der Waals surface area contributed by atoms with E-state index in [0.717, 1.165) is 12.1 Å². The van der Waals surface area contributed by atoms with E-state index in [1.165, 1.54) is 7.11 Å². The summed E-state index contributed by atoms with van der Waals surface area (Å²) < 4.78 is 4.75. The molecule has 0 atom stereocenters. The summed E-state index contributed by atoms with van der Waals surface area (Å²) in [5.41, 5.74) is 5.39. The van der Waals surface area contributed by atoms with Gasteiger partial charge in [-0.25, -0.2) is 4.79 Å². The third kappa shape index (κ3) is 2.24. The fourth-order valence-electron chi connectivity index (χ4n) is 0.995. The van der Waals surface area contributed by atoms with Crippen molar-refractivity contribution >= 4 is 33.3 Å². The molecule has 0 aliphatic carbocycles. The Morgan fingerprint density at radius 3 is 2.67 bits per heavy atom. The van der Waals surface area contributed by atoms with E-state index in [9.17, 15) is 14.9 Å². The summed E-state index contributed by atoms with van der Waals surface area (Å²) in [5.74, 6) is -0.683. The highest BCUT2D eigenvalue weighted by molar-refractivity contribution is 9.10. The fourth-order valence-corrected chi connectivity index (χ4v) is 1.39. The maximum absolute atomic E-state index is 11.2. The number of nitrogens with zero attached hydrogens (tertiary/aromatic N) is 1. The number of nitrogens with two attached hydrogens (primary N) is 1. The SMILES string of the molecule is COC(=O)c1cc([N+](=O)[O-])cc(N)c1Br. The molecule has 80 valence electrons. The van der Waals surface area contributed by atoms with Gasteiger partial charge < -0.3 is 10.5 Å². The highest BCUT2D eigenvalue weighted by Crippen LogP contribution is 2.29. The van der Waals surface area contributed by atoms with Gasteiger partial charge in [0.05, 0.1) is 27.8 Å². The van der Waals surface area contributed by atoms with E-state index in [1.807, 2.05) is 0 Å². The van der Waals surface area contributed by atoms with E-state index in [2.05, 4.69) is 20.7 Å². The Morgan fingerprint density at radius 1 is 1.60 bits per heavy atom. The molecule has 0 fully saturated rings. The minimum absolute atomic E-state index is 0.0317. The zero-order valence-electron chi connectivity index (χ0n) is 7.69. The number of halogens is 1. The molecule has 0 aliphatic rings. The van der Waals surface area contributed by atoms with Crippen LogP contribution in [0.1, 0.15) is 10.4 Å². The lowest BCUT2D eigenvalue weighted by molar-refractivity contribution is -0.384. The molecule has 0 saturated heterocycles. The molecule has 1 rings (SSSR count). The van der Waals surface area contributed by atoms with Crippen LogP contribution in [0.2, 0.25) is 0 Å². The number of carbonyl (C=O) groups excluding carboxylic acids is 1. The van der Waals surface area contributed by atoms with Crippen LogP contribution in [-0.2, 0) is 4.74 Å². The van der Waals surface area contributed by atoms with Crippen molar-refractivity contribution in [3.8, 4) is 0 Å². The zero-order chi connectivity index (χ0) is 11.6. The number of nitro groups is 1. The summed E-state index contributed by atoms with van der Waals surface area (Å²) in [7, 11) is 1.18. The van der Waals surface area contributed by atoms with E-state index < -0.39 is 10.9 Å². The minimum atomic E-state index is -0.683. The average Bonchev–Trinajstić information content (AvgIpc) is 2.20. The van der Waals surface area contributed by atoms with Gasteiger partial charge >= 0.3 is 5.97 Å². The second-order valence-electron chi connectivity index (χ2n) is 2.65. The fraction of sp³-hybridized carbons (Fsp3) is 0.125. The molecule has 1 aromatic rings. The Balaban J connectivity index is 3.37. The van der Waals surface area contributed by atoms with Gasteiger partial charge in [-0.1, -0.05) is 0 Å². The third-order valence-corrected chi connectivity index (χ3v) is 2.59. The first-order valence-electron chi connectivity index (χ1n) is 3.79. The molecule has 0 spiro atoms. The van der Waals surface area contributed by atoms with Gasteiger partial charge in [-0.05, 0) is 15.9 Å². The molecule has 0 amide bonds. The second kappa shape index (κ2) is 4.26. The van der Waals surface area contributed by atoms with Crippen molar-refractivity contribution in [1.82, 2.24) is 0 Å². The quantitative estimate of drug-likeness (QED) is 0.383. The van der Waals surface area contributed by atoms with Crippen LogP contribution in [0.3, 0.4) is 0 Å². The number of hydrogen-bond acceptors (Lipinski definition) is 5. The van der Waals surface area contributed by atoms with Gasteiger partial charge in [0.2, 0.25) is 0 Å². The van der Waals surface area contributed by atoms with Gasteiger partial charge in [-0.3, -0.25) is 10.1 Å². The van der Waals surface area contributed by atoms with Crippen molar-refractivity contribution in [3.05, 3.63) is 32.3 Å². The maximum Gasteiger partial charge on any atom is 0.339 e. The first kappa shape index (κ1) is 11.4. The Labute approximate surface area is 93.3 Å². The molecular formula is C8H7BrN2O4. The van der Waals surface area contributed by atoms with Crippen LogP contribution in [0.5, 0.6) is 0 Å². The predicted octanol–water partition coefficient (Wildman–Crippen LogP) is 1.73. The van der Waals surface area contributed by atoms with Crippen LogP contribution in [0.4, 0.5) is 11.4 Å². The molecule has 0 aromatic heterocycles. The second-order valence-corrected chi connectivity index (χ2v) is 3.44. The van der Waals surface area contributed by atoms with Crippen LogP contribution in [0.15, 0.2) is 16.6 Å². The van der Waals surface area contributed by atoms with Gasteiger partial charge in [0, 0.05) is 12.1 Å². The molecular weight excluding hydrogens is 268 g/mol. The summed E-state index contributed by atoms with van der Waals surface area (Å²) in [5, 5.41) is 10.5. The Morgan fingerprint density at radius 2 is 2.20 bits per heavy atom. The van der Waals surface area contributed by atoms with Crippen LogP contribution < -0.4 is 5.73 Å². The molecule has 1 aromatic carbocycles. The topological polar surface area (TPSA) is 95.5 Å². The predicted molar refractivity (Wildman–Crippen MR) is 56.5 cm³/mol. The van der Waals surface area contributed by atoms with Crippen molar-refractivity contribution in [1.29, 1.82) is 0 Å². The Hall–Kier alpha value is -1.63. The summed E-state index contributed by atoms with van der Waals surface area (Å²) in [6.07, 6.45) is 0. The molecule has 0 saturated carbocycles. The van der Waals surface area contributed by atoms with Gasteiger partial charge in [-0.15, -0.1) is 0 Å². The van der Waals surface area contributed by atoms with Gasteiger partial charge in [0.1, 0.15) is 0 Å². The number of esters is 1. The largest absolute Gasteiger partial charge is 0.465 e. The standard InChI is InChI=1S/C8H7BrN2O4/c1-15-8(12)5-2-4(11(13)14)3-6(10)7(5)9/h2-3H,10H2,1H3. The maximum atomic E-state index is 11.2. The Bertz CT molecular complexity index is 433. The van der Waals surface area contributed by atoms with Gasteiger partial charge in [0.15, 0.2) is 0 Å². The van der Waals surface area contributed by atoms with Crippen LogP contribution in [-0.4, -0.2) is 18.0 Å². The zero-order valence-corrected chi connectivity index (χ0v) is 9.28. The van der Waals surface area contributed by atoms with Crippen molar-refractivity contribution in [2.45, 2.75) is 0 Å². The molecule has 7 heteroatoms. The molecule has 0 unspecified atom stereocenters. The van der Waals surface area contributed by atoms with E-state index >= 15 is 0 Å². The third-order valence-electron chi connectivity index (χ3n) is 1.70. The first-order chi connectivity index (χ1) is 6.97. The van der Waals surface area contributed by atoms with Gasteiger partial charge in [-0.2, -0.15) is 0 Å². The highest BCUT2D eigenvalue weighted by Gasteiger charge is 2.18. The number of rotatable bonds is 2. The molecule has 6 nitrogen and oxygen atoms in total. The molecule has 15 heavy (non-hydrogen) atoms. The summed E-state index contributed by atoms with van der Waals surface area (Å²) in [6, 6.07) is 2.27.